The molecule has 0 N–H and O–H groups in total. The van der Waals surface area contributed by atoms with Gasteiger partial charge in [0, 0.05) is 12.5 Å². The van der Waals surface area contributed by atoms with Gasteiger partial charge in [0.1, 0.15) is 18.0 Å². The Labute approximate surface area is 121 Å². The van der Waals surface area contributed by atoms with E-state index in [0.29, 0.717) is 28.5 Å². The molecule has 0 aromatic carbocycles. The molecule has 2 rings (SSSR count). The molecule has 20 heavy (non-hydrogen) atoms. The van der Waals surface area contributed by atoms with Crippen molar-refractivity contribution in [1.82, 2.24) is 14.5 Å². The highest BCUT2D eigenvalue weighted by molar-refractivity contribution is 7.95. The fraction of sp³-hybridized carbons (Fsp3) is 0.500. The Hall–Kier alpha value is -1.12. The van der Waals surface area contributed by atoms with Crippen molar-refractivity contribution in [2.75, 3.05) is 31.1 Å². The average Bonchev–Trinajstić information content (AvgIpc) is 2.73. The molecule has 0 fully saturated rings. The van der Waals surface area contributed by atoms with E-state index in [2.05, 4.69) is 22.5 Å². The summed E-state index contributed by atoms with van der Waals surface area (Å²) in [6, 6.07) is 1.74. The normalized spacial score (nSPS) is 12.4. The molecule has 0 saturated carbocycles. The Bertz CT molecular complexity index is 695. The summed E-state index contributed by atoms with van der Waals surface area (Å²) in [4.78, 5) is 8.09. The molecule has 6 nitrogen and oxygen atoms in total. The SMILES string of the molecule is C[S+](C)CCOCn1c(S(C)(=O)=O)nc2cnccc21. The van der Waals surface area contributed by atoms with E-state index in [0.717, 1.165) is 12.0 Å². The van der Waals surface area contributed by atoms with E-state index in [1.807, 2.05) is 0 Å². The molecule has 110 valence electrons. The molecular weight excluding hydrogens is 298 g/mol. The van der Waals surface area contributed by atoms with Crippen molar-refractivity contribution < 1.29 is 13.2 Å². The van der Waals surface area contributed by atoms with Gasteiger partial charge in [0.25, 0.3) is 0 Å². The first kappa shape index (κ1) is 15.3. The fourth-order valence-corrected chi connectivity index (χ4v) is 3.02. The van der Waals surface area contributed by atoms with Crippen LogP contribution in [-0.2, 0) is 32.2 Å². The quantitative estimate of drug-likeness (QED) is 0.579. The van der Waals surface area contributed by atoms with Crippen LogP contribution in [-0.4, -0.2) is 54.1 Å². The minimum absolute atomic E-state index is 0.0208. The molecular formula is C12H18N3O3S2+. The molecule has 0 spiro atoms. The Morgan fingerprint density at radius 2 is 2.15 bits per heavy atom. The van der Waals surface area contributed by atoms with Gasteiger partial charge in [-0.15, -0.1) is 0 Å². The van der Waals surface area contributed by atoms with Gasteiger partial charge in [-0.1, -0.05) is 0 Å². The Balaban J connectivity index is 2.29. The molecule has 0 radical (unpaired) electrons. The minimum atomic E-state index is -3.40. The smallest absolute Gasteiger partial charge is 0.230 e. The van der Waals surface area contributed by atoms with Crippen LogP contribution in [0.15, 0.2) is 23.6 Å². The second-order valence-corrected chi connectivity index (χ2v) is 8.97. The molecule has 8 heteroatoms. The monoisotopic (exact) mass is 316 g/mol. The van der Waals surface area contributed by atoms with Crippen LogP contribution in [0.25, 0.3) is 11.0 Å². The first-order chi connectivity index (χ1) is 9.39. The molecule has 0 aliphatic carbocycles. The van der Waals surface area contributed by atoms with E-state index in [9.17, 15) is 8.42 Å². The second-order valence-electron chi connectivity index (χ2n) is 4.69. The first-order valence-corrected chi connectivity index (χ1v) is 10.1. The van der Waals surface area contributed by atoms with Crippen molar-refractivity contribution in [3.05, 3.63) is 18.5 Å². The van der Waals surface area contributed by atoms with Gasteiger partial charge in [-0.3, -0.25) is 9.55 Å². The number of hydrogen-bond acceptors (Lipinski definition) is 5. The highest BCUT2D eigenvalue weighted by Crippen LogP contribution is 2.18. The van der Waals surface area contributed by atoms with Gasteiger partial charge >= 0.3 is 0 Å². The summed E-state index contributed by atoms with van der Waals surface area (Å²) in [5, 5.41) is 0.0208. The van der Waals surface area contributed by atoms with E-state index >= 15 is 0 Å². The van der Waals surface area contributed by atoms with Crippen molar-refractivity contribution in [3.63, 3.8) is 0 Å². The van der Waals surface area contributed by atoms with Gasteiger partial charge < -0.3 is 4.74 Å². The maximum absolute atomic E-state index is 11.8. The molecule has 0 amide bonds. The topological polar surface area (TPSA) is 74.1 Å². The van der Waals surface area contributed by atoms with Gasteiger partial charge in [-0.2, -0.15) is 0 Å². The number of nitrogens with zero attached hydrogens (tertiary/aromatic N) is 3. The zero-order valence-electron chi connectivity index (χ0n) is 11.7. The van der Waals surface area contributed by atoms with E-state index in [-0.39, 0.29) is 11.9 Å². The highest BCUT2D eigenvalue weighted by atomic mass is 32.2. The number of hydrogen-bond donors (Lipinski definition) is 0. The van der Waals surface area contributed by atoms with Crippen LogP contribution < -0.4 is 0 Å². The number of rotatable bonds is 6. The lowest BCUT2D eigenvalue weighted by molar-refractivity contribution is 0.0863. The Kier molecular flexibility index (Phi) is 4.66. The summed E-state index contributed by atoms with van der Waals surface area (Å²) in [7, 11) is -3.09. The van der Waals surface area contributed by atoms with Gasteiger partial charge in [0.15, 0.2) is 0 Å². The third-order valence-electron chi connectivity index (χ3n) is 2.70. The number of sulfone groups is 1. The lowest BCUT2D eigenvalue weighted by atomic mass is 10.4. The van der Waals surface area contributed by atoms with Crippen LogP contribution >= 0.6 is 0 Å². The summed E-state index contributed by atoms with van der Waals surface area (Å²) in [6.07, 6.45) is 8.60. The third-order valence-corrected chi connectivity index (χ3v) is 4.66. The molecule has 0 bridgehead atoms. The zero-order valence-corrected chi connectivity index (χ0v) is 13.4. The van der Waals surface area contributed by atoms with Crippen LogP contribution in [0.1, 0.15) is 0 Å². The van der Waals surface area contributed by atoms with Crippen LogP contribution in [0.2, 0.25) is 0 Å². The molecule has 0 saturated heterocycles. The van der Waals surface area contributed by atoms with E-state index < -0.39 is 9.84 Å². The highest BCUT2D eigenvalue weighted by Gasteiger charge is 2.19. The molecule has 0 atom stereocenters. The molecule has 0 aliphatic heterocycles. The lowest BCUT2D eigenvalue weighted by Gasteiger charge is -2.08. The number of pyridine rings is 1. The fourth-order valence-electron chi connectivity index (χ4n) is 1.75. The predicted octanol–water partition coefficient (Wildman–Crippen LogP) is 0.687. The lowest BCUT2D eigenvalue weighted by Crippen LogP contribution is -2.15. The first-order valence-electron chi connectivity index (χ1n) is 6.02. The molecule has 2 heterocycles. The van der Waals surface area contributed by atoms with Crippen molar-refractivity contribution in [2.24, 2.45) is 0 Å². The standard InChI is InChI=1S/C12H18N3O3S2/c1-19(2)7-6-18-9-15-11-4-5-13-8-10(11)14-12(15)20(3,16)17/h4-5,8H,6-7,9H2,1-3H3/q+1. The van der Waals surface area contributed by atoms with E-state index in [1.165, 1.54) is 0 Å². The van der Waals surface area contributed by atoms with Crippen LogP contribution in [0.3, 0.4) is 0 Å². The maximum Gasteiger partial charge on any atom is 0.230 e. The predicted molar refractivity (Wildman–Crippen MR) is 80.7 cm³/mol. The Morgan fingerprint density at radius 1 is 1.40 bits per heavy atom. The Morgan fingerprint density at radius 3 is 2.80 bits per heavy atom. The van der Waals surface area contributed by atoms with Crippen molar-refractivity contribution >= 4 is 31.8 Å². The molecule has 2 aromatic heterocycles. The van der Waals surface area contributed by atoms with Gasteiger partial charge in [-0.05, 0) is 17.0 Å². The summed E-state index contributed by atoms with van der Waals surface area (Å²) < 4.78 is 30.8. The summed E-state index contributed by atoms with van der Waals surface area (Å²) in [5.74, 6) is 0.961. The number of fused-ring (bicyclic) bond motifs is 1. The van der Waals surface area contributed by atoms with Gasteiger partial charge in [0.05, 0.1) is 30.8 Å². The van der Waals surface area contributed by atoms with Gasteiger partial charge in [-0.25, -0.2) is 13.4 Å². The third kappa shape index (κ3) is 3.50. The minimum Gasteiger partial charge on any atom is -0.356 e. The number of imidazole rings is 1. The summed E-state index contributed by atoms with van der Waals surface area (Å²) >= 11 is 0. The maximum atomic E-state index is 11.8. The summed E-state index contributed by atoms with van der Waals surface area (Å²) in [6.45, 7) is 0.782. The number of aromatic nitrogens is 3. The average molecular weight is 316 g/mol. The zero-order chi connectivity index (χ0) is 14.8. The van der Waals surface area contributed by atoms with Crippen LogP contribution in [0.4, 0.5) is 0 Å². The van der Waals surface area contributed by atoms with Crippen molar-refractivity contribution in [1.29, 1.82) is 0 Å². The molecule has 2 aromatic rings. The van der Waals surface area contributed by atoms with Crippen LogP contribution in [0.5, 0.6) is 0 Å². The van der Waals surface area contributed by atoms with Crippen LogP contribution in [0, 0.1) is 0 Å². The largest absolute Gasteiger partial charge is 0.356 e. The molecule has 0 aliphatic rings. The van der Waals surface area contributed by atoms with Crippen molar-refractivity contribution in [3.8, 4) is 0 Å². The van der Waals surface area contributed by atoms with E-state index in [1.54, 1.807) is 23.0 Å². The molecule has 0 unspecified atom stereocenters. The van der Waals surface area contributed by atoms with Gasteiger partial charge in [0.2, 0.25) is 15.0 Å². The number of ether oxygens (including phenoxy) is 1. The van der Waals surface area contributed by atoms with E-state index in [4.69, 9.17) is 4.74 Å². The van der Waals surface area contributed by atoms with Crippen molar-refractivity contribution in [2.45, 2.75) is 11.9 Å². The summed E-state index contributed by atoms with van der Waals surface area (Å²) in [5.41, 5.74) is 1.27. The second kappa shape index (κ2) is 6.11.